The van der Waals surface area contributed by atoms with Crippen LogP contribution in [-0.4, -0.2) is 29.9 Å². The maximum Gasteiger partial charge on any atom is 0.219 e. The van der Waals surface area contributed by atoms with E-state index in [4.69, 9.17) is 0 Å². The molecule has 18 heavy (non-hydrogen) atoms. The lowest BCUT2D eigenvalue weighted by molar-refractivity contribution is -0.121. The summed E-state index contributed by atoms with van der Waals surface area (Å²) >= 11 is 0. The first-order valence-corrected chi connectivity index (χ1v) is 6.79. The van der Waals surface area contributed by atoms with E-state index in [0.717, 1.165) is 19.5 Å². The molecule has 3 heteroatoms. The van der Waals surface area contributed by atoms with Crippen molar-refractivity contribution in [3.8, 4) is 0 Å². The van der Waals surface area contributed by atoms with Crippen LogP contribution in [0, 0.1) is 0 Å². The third kappa shape index (κ3) is 3.10. The summed E-state index contributed by atoms with van der Waals surface area (Å²) in [6, 6.07) is 11.3. The largest absolute Gasteiger partial charge is 0.352 e. The molecule has 1 N–H and O–H groups in total. The highest BCUT2D eigenvalue weighted by atomic mass is 16.1. The minimum atomic E-state index is 0.161. The lowest BCUT2D eigenvalue weighted by atomic mass is 10.1. The van der Waals surface area contributed by atoms with E-state index in [9.17, 15) is 4.79 Å². The molecular weight excluding hydrogens is 224 g/mol. The molecule has 0 radical (unpaired) electrons. The number of hydrogen-bond acceptors (Lipinski definition) is 2. The molecule has 1 amide bonds. The molecule has 1 fully saturated rings. The maximum atomic E-state index is 11.4. The predicted molar refractivity (Wildman–Crippen MR) is 73.3 cm³/mol. The summed E-state index contributed by atoms with van der Waals surface area (Å²) < 4.78 is 0. The van der Waals surface area contributed by atoms with Crippen LogP contribution in [0.2, 0.25) is 0 Å². The van der Waals surface area contributed by atoms with Crippen molar-refractivity contribution in [3.05, 3.63) is 35.9 Å². The predicted octanol–water partition coefficient (Wildman–Crippen LogP) is 2.35. The molecule has 98 valence electrons. The van der Waals surface area contributed by atoms with Crippen molar-refractivity contribution in [1.29, 1.82) is 0 Å². The van der Waals surface area contributed by atoms with Crippen LogP contribution in [0.25, 0.3) is 0 Å². The Morgan fingerprint density at radius 2 is 2.17 bits per heavy atom. The second-order valence-electron chi connectivity index (χ2n) is 4.99. The first-order valence-electron chi connectivity index (χ1n) is 6.79. The van der Waals surface area contributed by atoms with E-state index in [1.165, 1.54) is 5.56 Å². The molecule has 0 saturated carbocycles. The second-order valence-corrected chi connectivity index (χ2v) is 4.99. The highest BCUT2D eigenvalue weighted by Gasteiger charge is 2.27. The monoisotopic (exact) mass is 246 g/mol. The van der Waals surface area contributed by atoms with Crippen LogP contribution >= 0.6 is 0 Å². The van der Waals surface area contributed by atoms with Crippen molar-refractivity contribution < 1.29 is 4.79 Å². The Labute approximate surface area is 109 Å². The van der Waals surface area contributed by atoms with Crippen LogP contribution in [0.1, 0.15) is 38.3 Å². The van der Waals surface area contributed by atoms with Gasteiger partial charge in [0.15, 0.2) is 0 Å². The molecule has 2 rings (SSSR count). The number of nitrogens with one attached hydrogen (secondary N) is 1. The Kier molecular flexibility index (Phi) is 4.37. The molecule has 0 bridgehead atoms. The highest BCUT2D eigenvalue weighted by Crippen LogP contribution is 2.24. The molecular formula is C15H22N2O. The van der Waals surface area contributed by atoms with E-state index < -0.39 is 0 Å². The normalized spacial score (nSPS) is 21.8. The molecule has 3 nitrogen and oxygen atoms in total. The Hall–Kier alpha value is -1.35. The van der Waals surface area contributed by atoms with Gasteiger partial charge >= 0.3 is 0 Å². The zero-order valence-corrected chi connectivity index (χ0v) is 11.2. The van der Waals surface area contributed by atoms with Crippen molar-refractivity contribution >= 4 is 5.91 Å². The Bertz CT molecular complexity index is 391. The molecule has 1 heterocycles. The number of hydrogen-bond donors (Lipinski definition) is 1. The third-order valence-corrected chi connectivity index (χ3v) is 3.74. The van der Waals surface area contributed by atoms with Gasteiger partial charge in [0.05, 0.1) is 0 Å². The molecule has 0 spiro atoms. The SMILES string of the molecule is CCC(=O)N[C@H]1CCN([C@@H](C)c2ccccc2)C1. The molecule has 1 aromatic carbocycles. The zero-order valence-electron chi connectivity index (χ0n) is 11.2. The summed E-state index contributed by atoms with van der Waals surface area (Å²) in [4.78, 5) is 13.8. The molecule has 2 atom stereocenters. The molecule has 1 aliphatic rings. The van der Waals surface area contributed by atoms with Gasteiger partial charge in [-0.3, -0.25) is 9.69 Å². The maximum absolute atomic E-state index is 11.4. The Balaban J connectivity index is 1.91. The van der Waals surface area contributed by atoms with Gasteiger partial charge in [-0.15, -0.1) is 0 Å². The minimum absolute atomic E-state index is 0.161. The summed E-state index contributed by atoms with van der Waals surface area (Å²) in [6.07, 6.45) is 1.63. The van der Waals surface area contributed by atoms with Gasteiger partial charge in [-0.25, -0.2) is 0 Å². The van der Waals surface area contributed by atoms with Gasteiger partial charge in [-0.1, -0.05) is 37.3 Å². The van der Waals surface area contributed by atoms with Crippen molar-refractivity contribution in [2.45, 2.75) is 38.8 Å². The number of rotatable bonds is 4. The van der Waals surface area contributed by atoms with Gasteiger partial charge < -0.3 is 5.32 Å². The fourth-order valence-corrected chi connectivity index (χ4v) is 2.53. The molecule has 0 unspecified atom stereocenters. The average molecular weight is 246 g/mol. The summed E-state index contributed by atoms with van der Waals surface area (Å²) in [5.74, 6) is 0.161. The summed E-state index contributed by atoms with van der Waals surface area (Å²) in [5.41, 5.74) is 1.35. The van der Waals surface area contributed by atoms with Crippen LogP contribution < -0.4 is 5.32 Å². The fraction of sp³-hybridized carbons (Fsp3) is 0.533. The standard InChI is InChI=1S/C15H22N2O/c1-3-15(18)16-14-9-10-17(11-14)12(2)13-7-5-4-6-8-13/h4-8,12,14H,3,9-11H2,1-2H3,(H,16,18)/t12-,14-/m0/s1. The van der Waals surface area contributed by atoms with Gasteiger partial charge in [0.1, 0.15) is 0 Å². The van der Waals surface area contributed by atoms with E-state index in [2.05, 4.69) is 41.4 Å². The topological polar surface area (TPSA) is 32.3 Å². The van der Waals surface area contributed by atoms with Gasteiger partial charge in [-0.2, -0.15) is 0 Å². The van der Waals surface area contributed by atoms with Crippen LogP contribution in [0.3, 0.4) is 0 Å². The fourth-order valence-electron chi connectivity index (χ4n) is 2.53. The quantitative estimate of drug-likeness (QED) is 0.884. The van der Waals surface area contributed by atoms with Gasteiger partial charge in [-0.05, 0) is 18.9 Å². The van der Waals surface area contributed by atoms with E-state index in [-0.39, 0.29) is 5.91 Å². The number of likely N-dealkylation sites (tertiary alicyclic amines) is 1. The number of amides is 1. The van der Waals surface area contributed by atoms with Crippen molar-refractivity contribution in [1.82, 2.24) is 10.2 Å². The Morgan fingerprint density at radius 1 is 1.44 bits per heavy atom. The van der Waals surface area contributed by atoms with E-state index in [0.29, 0.717) is 18.5 Å². The molecule has 1 saturated heterocycles. The zero-order chi connectivity index (χ0) is 13.0. The molecule has 0 aromatic heterocycles. The average Bonchev–Trinajstić information content (AvgIpc) is 2.87. The first-order chi connectivity index (χ1) is 8.70. The third-order valence-electron chi connectivity index (χ3n) is 3.74. The molecule has 0 aliphatic carbocycles. The van der Waals surface area contributed by atoms with Crippen LogP contribution in [0.15, 0.2) is 30.3 Å². The van der Waals surface area contributed by atoms with Crippen molar-refractivity contribution in [2.75, 3.05) is 13.1 Å². The number of carbonyl (C=O) groups excluding carboxylic acids is 1. The minimum Gasteiger partial charge on any atom is -0.352 e. The van der Waals surface area contributed by atoms with Gasteiger partial charge in [0.2, 0.25) is 5.91 Å². The summed E-state index contributed by atoms with van der Waals surface area (Å²) in [7, 11) is 0. The molecule has 1 aliphatic heterocycles. The summed E-state index contributed by atoms with van der Waals surface area (Å²) in [6.45, 7) is 6.15. The lowest BCUT2D eigenvalue weighted by Gasteiger charge is -2.24. The Morgan fingerprint density at radius 3 is 2.83 bits per heavy atom. The van der Waals surface area contributed by atoms with Crippen LogP contribution in [0.4, 0.5) is 0 Å². The van der Waals surface area contributed by atoms with Gasteiger partial charge in [0, 0.05) is 31.6 Å². The van der Waals surface area contributed by atoms with E-state index >= 15 is 0 Å². The smallest absolute Gasteiger partial charge is 0.219 e. The van der Waals surface area contributed by atoms with Crippen LogP contribution in [0.5, 0.6) is 0 Å². The lowest BCUT2D eigenvalue weighted by Crippen LogP contribution is -2.37. The number of benzene rings is 1. The first kappa shape index (κ1) is 13.1. The van der Waals surface area contributed by atoms with Crippen molar-refractivity contribution in [2.24, 2.45) is 0 Å². The molecule has 1 aromatic rings. The van der Waals surface area contributed by atoms with E-state index in [1.54, 1.807) is 0 Å². The number of carbonyl (C=O) groups is 1. The van der Waals surface area contributed by atoms with Crippen LogP contribution in [-0.2, 0) is 4.79 Å². The van der Waals surface area contributed by atoms with Crippen molar-refractivity contribution in [3.63, 3.8) is 0 Å². The highest BCUT2D eigenvalue weighted by molar-refractivity contribution is 5.75. The van der Waals surface area contributed by atoms with E-state index in [1.807, 2.05) is 13.0 Å². The van der Waals surface area contributed by atoms with Gasteiger partial charge in [0.25, 0.3) is 0 Å². The second kappa shape index (κ2) is 6.01. The summed E-state index contributed by atoms with van der Waals surface area (Å²) in [5, 5.41) is 3.08. The number of nitrogens with zero attached hydrogens (tertiary/aromatic N) is 1.